The second-order valence-electron chi connectivity index (χ2n) is 4.82. The molecule has 0 radical (unpaired) electrons. The van der Waals surface area contributed by atoms with Crippen LogP contribution in [0.4, 0.5) is 0 Å². The Kier molecular flexibility index (Phi) is 6.78. The summed E-state index contributed by atoms with van der Waals surface area (Å²) in [7, 11) is -5.88. The topological polar surface area (TPSA) is 104 Å². The summed E-state index contributed by atoms with van der Waals surface area (Å²) >= 11 is 0. The molecular weight excluding hydrogens is 350 g/mol. The van der Waals surface area contributed by atoms with Gasteiger partial charge in [0.25, 0.3) is 0 Å². The number of benzene rings is 1. The lowest BCUT2D eigenvalue weighted by atomic mass is 10.1. The Morgan fingerprint density at radius 2 is 1.41 bits per heavy atom. The van der Waals surface area contributed by atoms with Gasteiger partial charge in [-0.15, -0.1) is 12.4 Å². The lowest BCUT2D eigenvalue weighted by molar-refractivity contribution is 0.427. The number of halogens is 1. The molecule has 0 saturated carbocycles. The molecule has 0 bridgehead atoms. The molecule has 1 fully saturated rings. The summed E-state index contributed by atoms with van der Waals surface area (Å²) < 4.78 is 52.5. The van der Waals surface area contributed by atoms with Crippen molar-refractivity contribution >= 4 is 32.5 Å². The zero-order valence-electron chi connectivity index (χ0n) is 12.1. The maximum absolute atomic E-state index is 12.2. The normalized spacial score (nSPS) is 17.0. The van der Waals surface area contributed by atoms with Crippen LogP contribution in [0.2, 0.25) is 0 Å². The molecule has 10 heteroatoms. The average molecular weight is 370 g/mol. The van der Waals surface area contributed by atoms with Crippen LogP contribution >= 0.6 is 12.4 Å². The molecular formula is C12H20ClN3O4S2. The van der Waals surface area contributed by atoms with Gasteiger partial charge in [-0.1, -0.05) is 0 Å². The highest BCUT2D eigenvalue weighted by Gasteiger charge is 2.22. The summed E-state index contributed by atoms with van der Waals surface area (Å²) in [4.78, 5) is 0.0990. The SMILES string of the molecule is CNS(=O)(=O)c1ccc(S(=O)(=O)NC2CCNCC2)cc1.Cl. The molecule has 0 aliphatic carbocycles. The molecule has 126 valence electrons. The van der Waals surface area contributed by atoms with Crippen molar-refractivity contribution in [2.24, 2.45) is 0 Å². The fourth-order valence-corrected chi connectivity index (χ4v) is 4.18. The second kappa shape index (κ2) is 7.71. The number of rotatable bonds is 5. The minimum absolute atomic E-state index is 0. The van der Waals surface area contributed by atoms with Crippen LogP contribution in [0.3, 0.4) is 0 Å². The summed E-state index contributed by atoms with van der Waals surface area (Å²) in [5, 5.41) is 3.16. The van der Waals surface area contributed by atoms with Gasteiger partial charge in [0, 0.05) is 6.04 Å². The molecule has 1 heterocycles. The van der Waals surface area contributed by atoms with E-state index in [1.54, 1.807) is 0 Å². The van der Waals surface area contributed by atoms with Crippen LogP contribution in [0.5, 0.6) is 0 Å². The van der Waals surface area contributed by atoms with E-state index in [1.807, 2.05) is 0 Å². The predicted octanol–water partition coefficient (Wildman–Crippen LogP) is 0.0468. The lowest BCUT2D eigenvalue weighted by Crippen LogP contribution is -2.42. The zero-order chi connectivity index (χ0) is 15.5. The molecule has 0 unspecified atom stereocenters. The van der Waals surface area contributed by atoms with Crippen molar-refractivity contribution in [1.82, 2.24) is 14.8 Å². The molecule has 1 aromatic rings. The molecule has 0 spiro atoms. The smallest absolute Gasteiger partial charge is 0.240 e. The highest BCUT2D eigenvalue weighted by atomic mass is 35.5. The largest absolute Gasteiger partial charge is 0.317 e. The second-order valence-corrected chi connectivity index (χ2v) is 8.43. The van der Waals surface area contributed by atoms with E-state index in [0.717, 1.165) is 25.9 Å². The maximum Gasteiger partial charge on any atom is 0.240 e. The van der Waals surface area contributed by atoms with Gasteiger partial charge in [0.1, 0.15) is 0 Å². The van der Waals surface area contributed by atoms with Crippen molar-refractivity contribution in [3.05, 3.63) is 24.3 Å². The Bertz CT molecular complexity index is 684. The Labute approximate surface area is 137 Å². The highest BCUT2D eigenvalue weighted by Crippen LogP contribution is 2.15. The van der Waals surface area contributed by atoms with Gasteiger partial charge >= 0.3 is 0 Å². The first kappa shape index (κ1) is 19.3. The predicted molar refractivity (Wildman–Crippen MR) is 86.1 cm³/mol. The molecule has 1 saturated heterocycles. The molecule has 1 aliphatic heterocycles. The van der Waals surface area contributed by atoms with Crippen molar-refractivity contribution in [2.45, 2.75) is 28.7 Å². The molecule has 1 aliphatic rings. The zero-order valence-corrected chi connectivity index (χ0v) is 14.5. The van der Waals surface area contributed by atoms with Crippen LogP contribution < -0.4 is 14.8 Å². The van der Waals surface area contributed by atoms with Crippen LogP contribution in [-0.4, -0.2) is 43.0 Å². The lowest BCUT2D eigenvalue weighted by Gasteiger charge is -2.23. The summed E-state index contributed by atoms with van der Waals surface area (Å²) in [5.74, 6) is 0. The van der Waals surface area contributed by atoms with E-state index in [2.05, 4.69) is 14.8 Å². The van der Waals surface area contributed by atoms with Gasteiger partial charge in [-0.05, 0) is 57.2 Å². The molecule has 3 N–H and O–H groups in total. The van der Waals surface area contributed by atoms with Gasteiger partial charge in [-0.2, -0.15) is 0 Å². The number of hydrogen-bond acceptors (Lipinski definition) is 5. The van der Waals surface area contributed by atoms with Gasteiger partial charge in [-0.25, -0.2) is 26.3 Å². The average Bonchev–Trinajstić information content (AvgIpc) is 2.48. The minimum atomic E-state index is -3.62. The molecule has 22 heavy (non-hydrogen) atoms. The van der Waals surface area contributed by atoms with Gasteiger partial charge in [0.05, 0.1) is 9.79 Å². The number of nitrogens with one attached hydrogen (secondary N) is 3. The Morgan fingerprint density at radius 1 is 0.955 bits per heavy atom. The molecule has 7 nitrogen and oxygen atoms in total. The molecule has 1 aromatic carbocycles. The maximum atomic E-state index is 12.2. The van der Waals surface area contributed by atoms with Crippen molar-refractivity contribution in [3.8, 4) is 0 Å². The van der Waals surface area contributed by atoms with E-state index >= 15 is 0 Å². The van der Waals surface area contributed by atoms with E-state index in [1.165, 1.54) is 31.3 Å². The third kappa shape index (κ3) is 4.64. The van der Waals surface area contributed by atoms with Gasteiger partial charge < -0.3 is 5.32 Å². The van der Waals surface area contributed by atoms with E-state index in [4.69, 9.17) is 0 Å². The van der Waals surface area contributed by atoms with Crippen LogP contribution in [-0.2, 0) is 20.0 Å². The Hall–Kier alpha value is -0.710. The first-order valence-electron chi connectivity index (χ1n) is 6.62. The molecule has 0 amide bonds. The van der Waals surface area contributed by atoms with Gasteiger partial charge in [0.2, 0.25) is 20.0 Å². The van der Waals surface area contributed by atoms with E-state index in [0.29, 0.717) is 0 Å². The van der Waals surface area contributed by atoms with E-state index < -0.39 is 20.0 Å². The fraction of sp³-hybridized carbons (Fsp3) is 0.500. The minimum Gasteiger partial charge on any atom is -0.317 e. The van der Waals surface area contributed by atoms with Gasteiger partial charge in [0.15, 0.2) is 0 Å². The summed E-state index contributed by atoms with van der Waals surface area (Å²) in [6.45, 7) is 1.57. The van der Waals surface area contributed by atoms with Crippen LogP contribution in [0.15, 0.2) is 34.1 Å². The van der Waals surface area contributed by atoms with Crippen LogP contribution in [0.1, 0.15) is 12.8 Å². The number of sulfonamides is 2. The number of hydrogen-bond donors (Lipinski definition) is 3. The van der Waals surface area contributed by atoms with Crippen molar-refractivity contribution < 1.29 is 16.8 Å². The quantitative estimate of drug-likeness (QED) is 0.680. The molecule has 0 aromatic heterocycles. The van der Waals surface area contributed by atoms with E-state index in [-0.39, 0.29) is 28.2 Å². The summed E-state index contributed by atoms with van der Waals surface area (Å²) in [5.41, 5.74) is 0. The highest BCUT2D eigenvalue weighted by molar-refractivity contribution is 7.90. The Morgan fingerprint density at radius 3 is 1.86 bits per heavy atom. The van der Waals surface area contributed by atoms with E-state index in [9.17, 15) is 16.8 Å². The van der Waals surface area contributed by atoms with Crippen molar-refractivity contribution in [1.29, 1.82) is 0 Å². The van der Waals surface area contributed by atoms with Crippen LogP contribution in [0.25, 0.3) is 0 Å². The number of piperidine rings is 1. The van der Waals surface area contributed by atoms with Crippen molar-refractivity contribution in [3.63, 3.8) is 0 Å². The standard InChI is InChI=1S/C12H19N3O4S2.ClH/c1-13-20(16,17)11-2-4-12(5-3-11)21(18,19)15-10-6-8-14-9-7-10;/h2-5,10,13-15H,6-9H2,1H3;1H. The summed E-state index contributed by atoms with van der Waals surface area (Å²) in [6, 6.07) is 5.07. The van der Waals surface area contributed by atoms with Crippen LogP contribution in [0, 0.1) is 0 Å². The third-order valence-corrected chi connectivity index (χ3v) is 6.34. The first-order chi connectivity index (χ1) is 9.85. The first-order valence-corrected chi connectivity index (χ1v) is 9.58. The van der Waals surface area contributed by atoms with Crippen molar-refractivity contribution in [2.75, 3.05) is 20.1 Å². The molecule has 0 atom stereocenters. The van der Waals surface area contributed by atoms with Gasteiger partial charge in [-0.3, -0.25) is 0 Å². The third-order valence-electron chi connectivity index (χ3n) is 3.37. The molecule has 2 rings (SSSR count). The Balaban J connectivity index is 0.00000242. The monoisotopic (exact) mass is 369 g/mol. The summed E-state index contributed by atoms with van der Waals surface area (Å²) in [6.07, 6.45) is 1.48. The fourth-order valence-electron chi connectivity index (χ4n) is 2.14.